The molecule has 2 amide bonds. The van der Waals surface area contributed by atoms with E-state index in [4.69, 9.17) is 0 Å². The second-order valence-corrected chi connectivity index (χ2v) is 9.35. The second kappa shape index (κ2) is 10.2. The molecular weight excluding hydrogens is 402 g/mol. The molecule has 2 N–H and O–H groups in total. The Kier molecular flexibility index (Phi) is 8.00. The topological polar surface area (TPSA) is 95.6 Å². The van der Waals surface area contributed by atoms with Gasteiger partial charge < -0.3 is 10.6 Å². The molecule has 2 rings (SSSR count). The Labute approximate surface area is 178 Å². The quantitative estimate of drug-likeness (QED) is 0.637. The number of anilines is 2. The van der Waals surface area contributed by atoms with E-state index in [-0.39, 0.29) is 30.8 Å². The van der Waals surface area contributed by atoms with Gasteiger partial charge in [-0.15, -0.1) is 0 Å². The molecule has 0 saturated heterocycles. The van der Waals surface area contributed by atoms with Crippen molar-refractivity contribution in [3.05, 3.63) is 59.7 Å². The molecule has 7 nitrogen and oxygen atoms in total. The van der Waals surface area contributed by atoms with Crippen LogP contribution >= 0.6 is 0 Å². The number of para-hydroxylation sites is 2. The van der Waals surface area contributed by atoms with E-state index in [0.717, 1.165) is 11.8 Å². The van der Waals surface area contributed by atoms with Crippen LogP contribution in [0.25, 0.3) is 0 Å². The molecule has 2 aromatic rings. The molecule has 0 aromatic heterocycles. The maximum Gasteiger partial charge on any atom is 0.253 e. The molecule has 30 heavy (non-hydrogen) atoms. The van der Waals surface area contributed by atoms with Crippen molar-refractivity contribution in [3.8, 4) is 0 Å². The zero-order chi connectivity index (χ0) is 22.3. The Morgan fingerprint density at radius 1 is 1.03 bits per heavy atom. The fourth-order valence-corrected chi connectivity index (χ4v) is 4.06. The number of aryl methyl sites for hydroxylation is 1. The van der Waals surface area contributed by atoms with Crippen molar-refractivity contribution in [1.29, 1.82) is 0 Å². The summed E-state index contributed by atoms with van der Waals surface area (Å²) in [7, 11) is -3.48. The molecule has 8 heteroatoms. The maximum atomic E-state index is 12.4. The van der Waals surface area contributed by atoms with Crippen LogP contribution in [0.15, 0.2) is 48.5 Å². The predicted molar refractivity (Wildman–Crippen MR) is 120 cm³/mol. The Morgan fingerprint density at radius 2 is 1.67 bits per heavy atom. The van der Waals surface area contributed by atoms with Gasteiger partial charge >= 0.3 is 0 Å². The highest BCUT2D eigenvalue weighted by atomic mass is 32.2. The van der Waals surface area contributed by atoms with Crippen molar-refractivity contribution >= 4 is 33.2 Å². The number of nitrogens with zero attached hydrogens (tertiary/aromatic N) is 1. The molecule has 0 radical (unpaired) electrons. The SMILES string of the molecule is Cc1ccccc1N(CCCC(=O)Nc1ccccc1C(=O)NC(C)C)S(C)(=O)=O. The van der Waals surface area contributed by atoms with Gasteiger partial charge in [0, 0.05) is 19.0 Å². The van der Waals surface area contributed by atoms with E-state index < -0.39 is 10.0 Å². The maximum absolute atomic E-state index is 12.4. The standard InChI is InChI=1S/C22H29N3O4S/c1-16(2)23-22(27)18-11-6-7-12-19(18)24-21(26)14-9-15-25(30(4,28)29)20-13-8-5-10-17(20)3/h5-8,10-13,16H,9,14-15H2,1-4H3,(H,23,27)(H,24,26). The lowest BCUT2D eigenvalue weighted by molar-refractivity contribution is -0.116. The first-order valence-electron chi connectivity index (χ1n) is 9.82. The molecule has 0 fully saturated rings. The van der Waals surface area contributed by atoms with Crippen LogP contribution < -0.4 is 14.9 Å². The molecule has 162 valence electrons. The van der Waals surface area contributed by atoms with E-state index in [1.165, 1.54) is 4.31 Å². The lowest BCUT2D eigenvalue weighted by Gasteiger charge is -2.24. The highest BCUT2D eigenvalue weighted by Gasteiger charge is 2.19. The van der Waals surface area contributed by atoms with Crippen molar-refractivity contribution in [2.45, 2.75) is 39.7 Å². The van der Waals surface area contributed by atoms with Gasteiger partial charge in [-0.1, -0.05) is 30.3 Å². The second-order valence-electron chi connectivity index (χ2n) is 7.45. The van der Waals surface area contributed by atoms with Gasteiger partial charge in [-0.05, 0) is 51.0 Å². The van der Waals surface area contributed by atoms with Crippen LogP contribution in [0, 0.1) is 6.92 Å². The molecule has 0 unspecified atom stereocenters. The van der Waals surface area contributed by atoms with Gasteiger partial charge in [-0.25, -0.2) is 8.42 Å². The van der Waals surface area contributed by atoms with Crippen LogP contribution in [0.2, 0.25) is 0 Å². The highest BCUT2D eigenvalue weighted by molar-refractivity contribution is 7.92. The Hall–Kier alpha value is -2.87. The number of carbonyl (C=O) groups excluding carboxylic acids is 2. The minimum Gasteiger partial charge on any atom is -0.350 e. The van der Waals surface area contributed by atoms with Crippen LogP contribution in [0.1, 0.15) is 42.6 Å². The van der Waals surface area contributed by atoms with Crippen LogP contribution in [-0.4, -0.2) is 39.1 Å². The van der Waals surface area contributed by atoms with E-state index in [0.29, 0.717) is 23.4 Å². The first kappa shape index (κ1) is 23.4. The summed E-state index contributed by atoms with van der Waals surface area (Å²) in [4.78, 5) is 24.8. The van der Waals surface area contributed by atoms with Gasteiger partial charge in [0.15, 0.2) is 0 Å². The highest BCUT2D eigenvalue weighted by Crippen LogP contribution is 2.22. The summed E-state index contributed by atoms with van der Waals surface area (Å²) in [5.74, 6) is -0.540. The van der Waals surface area contributed by atoms with Crippen LogP contribution in [0.4, 0.5) is 11.4 Å². The summed E-state index contributed by atoms with van der Waals surface area (Å²) in [6.07, 6.45) is 1.62. The van der Waals surface area contributed by atoms with Gasteiger partial charge in [0.2, 0.25) is 15.9 Å². The summed E-state index contributed by atoms with van der Waals surface area (Å²) < 4.78 is 25.8. The zero-order valence-electron chi connectivity index (χ0n) is 17.8. The van der Waals surface area contributed by atoms with E-state index in [1.807, 2.05) is 32.9 Å². The van der Waals surface area contributed by atoms with Crippen molar-refractivity contribution in [3.63, 3.8) is 0 Å². The molecule has 0 atom stereocenters. The minimum absolute atomic E-state index is 0.0234. The first-order chi connectivity index (χ1) is 14.1. The Morgan fingerprint density at radius 3 is 2.30 bits per heavy atom. The summed E-state index contributed by atoms with van der Waals surface area (Å²) >= 11 is 0. The number of sulfonamides is 1. The number of hydrogen-bond donors (Lipinski definition) is 2. The monoisotopic (exact) mass is 431 g/mol. The summed E-state index contributed by atoms with van der Waals surface area (Å²) in [6, 6.07) is 14.0. The van der Waals surface area contributed by atoms with E-state index in [9.17, 15) is 18.0 Å². The van der Waals surface area contributed by atoms with Gasteiger partial charge in [-0.3, -0.25) is 13.9 Å². The number of hydrogen-bond acceptors (Lipinski definition) is 4. The van der Waals surface area contributed by atoms with E-state index in [2.05, 4.69) is 10.6 Å². The van der Waals surface area contributed by atoms with Crippen LogP contribution in [-0.2, 0) is 14.8 Å². The third kappa shape index (κ3) is 6.59. The average molecular weight is 432 g/mol. The summed E-state index contributed by atoms with van der Waals surface area (Å²) in [5, 5.41) is 5.57. The molecule has 0 heterocycles. The third-order valence-corrected chi connectivity index (χ3v) is 5.60. The largest absolute Gasteiger partial charge is 0.350 e. The third-order valence-electron chi connectivity index (χ3n) is 4.42. The predicted octanol–water partition coefficient (Wildman–Crippen LogP) is 3.32. The summed E-state index contributed by atoms with van der Waals surface area (Å²) in [5.41, 5.74) is 2.27. The van der Waals surface area contributed by atoms with Crippen molar-refractivity contribution in [2.75, 3.05) is 22.4 Å². The minimum atomic E-state index is -3.48. The van der Waals surface area contributed by atoms with E-state index in [1.54, 1.807) is 36.4 Å². The molecule has 0 aliphatic carbocycles. The van der Waals surface area contributed by atoms with Crippen molar-refractivity contribution < 1.29 is 18.0 Å². The lowest BCUT2D eigenvalue weighted by Crippen LogP contribution is -2.32. The Balaban J connectivity index is 2.03. The molecule has 0 spiro atoms. The van der Waals surface area contributed by atoms with Gasteiger partial charge in [0.25, 0.3) is 5.91 Å². The first-order valence-corrected chi connectivity index (χ1v) is 11.7. The van der Waals surface area contributed by atoms with E-state index >= 15 is 0 Å². The van der Waals surface area contributed by atoms with Crippen LogP contribution in [0.5, 0.6) is 0 Å². The number of amides is 2. The molecule has 2 aromatic carbocycles. The van der Waals surface area contributed by atoms with Crippen molar-refractivity contribution in [2.24, 2.45) is 0 Å². The number of nitrogens with one attached hydrogen (secondary N) is 2. The summed E-state index contributed by atoms with van der Waals surface area (Å²) in [6.45, 7) is 5.76. The molecule has 0 saturated carbocycles. The van der Waals surface area contributed by atoms with Gasteiger partial charge in [0.1, 0.15) is 0 Å². The van der Waals surface area contributed by atoms with Gasteiger partial charge in [-0.2, -0.15) is 0 Å². The zero-order valence-corrected chi connectivity index (χ0v) is 18.6. The van der Waals surface area contributed by atoms with Gasteiger partial charge in [0.05, 0.1) is 23.2 Å². The smallest absolute Gasteiger partial charge is 0.253 e. The average Bonchev–Trinajstić information content (AvgIpc) is 2.65. The molecule has 0 aliphatic rings. The lowest BCUT2D eigenvalue weighted by atomic mass is 10.1. The molecular formula is C22H29N3O4S. The fourth-order valence-electron chi connectivity index (χ4n) is 3.03. The molecule has 0 aliphatic heterocycles. The number of rotatable bonds is 9. The molecule has 0 bridgehead atoms. The number of benzene rings is 2. The van der Waals surface area contributed by atoms with Crippen molar-refractivity contribution in [1.82, 2.24) is 5.32 Å². The van der Waals surface area contributed by atoms with Crippen LogP contribution in [0.3, 0.4) is 0 Å². The normalized spacial score (nSPS) is 11.2. The fraction of sp³-hybridized carbons (Fsp3) is 0.364. The number of carbonyl (C=O) groups is 2. The Bertz CT molecular complexity index is 1000.